The number of nitrogens with one attached hydrogen (secondary N) is 1. The van der Waals surface area contributed by atoms with Crippen LogP contribution in [0.4, 0.5) is 0 Å². The monoisotopic (exact) mass is 207 g/mol. The number of hydrogen-bond donors (Lipinski definition) is 1. The molecule has 1 N–H and O–H groups in total. The first-order valence-electron chi connectivity index (χ1n) is 4.85. The van der Waals surface area contributed by atoms with Crippen molar-refractivity contribution in [2.75, 3.05) is 19.8 Å². The van der Waals surface area contributed by atoms with Crippen LogP contribution in [0.1, 0.15) is 26.7 Å². The van der Waals surface area contributed by atoms with Gasteiger partial charge in [0.05, 0.1) is 13.2 Å². The van der Waals surface area contributed by atoms with Crippen molar-refractivity contribution in [3.05, 3.63) is 0 Å². The first kappa shape index (κ1) is 11.2. The van der Waals surface area contributed by atoms with E-state index in [2.05, 4.69) is 5.32 Å². The Kier molecular flexibility index (Phi) is 4.39. The Balaban J connectivity index is 2.58. The van der Waals surface area contributed by atoms with Gasteiger partial charge in [0, 0.05) is 0 Å². The molecular formula is C8H18NO3P. The smallest absolute Gasteiger partial charge is 0.308 e. The van der Waals surface area contributed by atoms with Crippen molar-refractivity contribution in [3.8, 4) is 0 Å². The lowest BCUT2D eigenvalue weighted by Crippen LogP contribution is -2.23. The van der Waals surface area contributed by atoms with Crippen LogP contribution < -0.4 is 5.32 Å². The second-order valence-corrected chi connectivity index (χ2v) is 5.21. The molecular weight excluding hydrogens is 189 g/mol. The topological polar surface area (TPSA) is 47.6 Å². The molecule has 0 aromatic carbocycles. The highest BCUT2D eigenvalue weighted by molar-refractivity contribution is 7.54. The maximum Gasteiger partial charge on any atom is 0.347 e. The lowest BCUT2D eigenvalue weighted by atomic mass is 10.4. The Bertz CT molecular complexity index is 182. The highest BCUT2D eigenvalue weighted by Gasteiger charge is 2.36. The number of rotatable bonds is 5. The summed E-state index contributed by atoms with van der Waals surface area (Å²) in [5, 5.41) is 3.15. The summed E-state index contributed by atoms with van der Waals surface area (Å²) in [6.07, 6.45) is 1.94. The minimum absolute atomic E-state index is 0.0904. The van der Waals surface area contributed by atoms with Crippen molar-refractivity contribution >= 4 is 7.60 Å². The standard InChI is InChI=1S/C8H18NO3P/c1-3-11-13(10,12-4-2)8-6-5-7-9-8/h8-9H,3-7H2,1-2H3/t8-/m0/s1. The molecule has 1 saturated heterocycles. The molecule has 0 aromatic heterocycles. The average molecular weight is 207 g/mol. The summed E-state index contributed by atoms with van der Waals surface area (Å²) in [4.78, 5) is 0. The molecule has 0 unspecified atom stereocenters. The van der Waals surface area contributed by atoms with E-state index in [4.69, 9.17) is 9.05 Å². The fraction of sp³-hybridized carbons (Fsp3) is 1.00. The van der Waals surface area contributed by atoms with Crippen molar-refractivity contribution in [2.45, 2.75) is 32.5 Å². The van der Waals surface area contributed by atoms with E-state index in [-0.39, 0.29) is 5.78 Å². The molecule has 0 aromatic rings. The molecule has 0 aliphatic carbocycles. The maximum absolute atomic E-state index is 12.1. The summed E-state index contributed by atoms with van der Waals surface area (Å²) in [5.74, 6) is -0.0904. The lowest BCUT2D eigenvalue weighted by molar-refractivity contribution is 0.210. The van der Waals surface area contributed by atoms with E-state index >= 15 is 0 Å². The summed E-state index contributed by atoms with van der Waals surface area (Å²) in [6, 6.07) is 0. The van der Waals surface area contributed by atoms with Crippen LogP contribution in [-0.4, -0.2) is 25.5 Å². The van der Waals surface area contributed by atoms with Crippen LogP contribution in [0, 0.1) is 0 Å². The quantitative estimate of drug-likeness (QED) is 0.700. The van der Waals surface area contributed by atoms with Crippen LogP contribution in [0.3, 0.4) is 0 Å². The van der Waals surface area contributed by atoms with Crippen molar-refractivity contribution in [1.82, 2.24) is 5.32 Å². The second-order valence-electron chi connectivity index (χ2n) is 2.99. The predicted octanol–water partition coefficient (Wildman–Crippen LogP) is 1.96. The van der Waals surface area contributed by atoms with Crippen LogP contribution in [0.5, 0.6) is 0 Å². The van der Waals surface area contributed by atoms with Gasteiger partial charge in [-0.05, 0) is 33.2 Å². The zero-order valence-corrected chi connectivity index (χ0v) is 9.18. The zero-order chi connectivity index (χ0) is 9.73. The normalized spacial score (nSPS) is 23.7. The Hall–Kier alpha value is 0.110. The molecule has 1 rings (SSSR count). The van der Waals surface area contributed by atoms with Crippen molar-refractivity contribution < 1.29 is 13.6 Å². The summed E-state index contributed by atoms with van der Waals surface area (Å²) < 4.78 is 22.6. The minimum Gasteiger partial charge on any atom is -0.308 e. The third-order valence-electron chi connectivity index (χ3n) is 2.03. The van der Waals surface area contributed by atoms with Crippen LogP contribution >= 0.6 is 7.60 Å². The Morgan fingerprint density at radius 1 is 1.38 bits per heavy atom. The summed E-state index contributed by atoms with van der Waals surface area (Å²) in [5.41, 5.74) is 0. The summed E-state index contributed by atoms with van der Waals surface area (Å²) in [7, 11) is -2.88. The minimum atomic E-state index is -2.88. The van der Waals surface area contributed by atoms with Crippen molar-refractivity contribution in [2.24, 2.45) is 0 Å². The van der Waals surface area contributed by atoms with Gasteiger partial charge in [-0.2, -0.15) is 0 Å². The highest BCUT2D eigenvalue weighted by Crippen LogP contribution is 2.54. The van der Waals surface area contributed by atoms with Crippen molar-refractivity contribution in [1.29, 1.82) is 0 Å². The molecule has 0 bridgehead atoms. The van der Waals surface area contributed by atoms with Gasteiger partial charge in [0.2, 0.25) is 0 Å². The molecule has 1 fully saturated rings. The van der Waals surface area contributed by atoms with Crippen molar-refractivity contribution in [3.63, 3.8) is 0 Å². The first-order valence-corrected chi connectivity index (χ1v) is 6.46. The predicted molar refractivity (Wildman–Crippen MR) is 51.9 cm³/mol. The molecule has 5 heteroatoms. The maximum atomic E-state index is 12.1. The molecule has 1 atom stereocenters. The second kappa shape index (κ2) is 5.11. The third kappa shape index (κ3) is 2.78. The third-order valence-corrected chi connectivity index (χ3v) is 4.47. The van der Waals surface area contributed by atoms with Gasteiger partial charge < -0.3 is 14.4 Å². The van der Waals surface area contributed by atoms with Gasteiger partial charge in [-0.3, -0.25) is 4.57 Å². The molecule has 0 saturated carbocycles. The SMILES string of the molecule is CCOP(=O)(OCC)[C@H]1CCCN1. The van der Waals surface area contributed by atoms with E-state index in [1.165, 1.54) is 0 Å². The van der Waals surface area contributed by atoms with Gasteiger partial charge in [-0.25, -0.2) is 0 Å². The summed E-state index contributed by atoms with van der Waals surface area (Å²) in [6.45, 7) is 5.46. The van der Waals surface area contributed by atoms with E-state index < -0.39 is 7.60 Å². The fourth-order valence-corrected chi connectivity index (χ4v) is 3.52. The highest BCUT2D eigenvalue weighted by atomic mass is 31.2. The van der Waals surface area contributed by atoms with Gasteiger partial charge in [0.15, 0.2) is 0 Å². The lowest BCUT2D eigenvalue weighted by Gasteiger charge is -2.22. The van der Waals surface area contributed by atoms with Gasteiger partial charge in [0.1, 0.15) is 5.78 Å². The Labute approximate surface area is 79.5 Å². The van der Waals surface area contributed by atoms with Gasteiger partial charge in [-0.15, -0.1) is 0 Å². The zero-order valence-electron chi connectivity index (χ0n) is 8.28. The van der Waals surface area contributed by atoms with Crippen LogP contribution in [-0.2, 0) is 13.6 Å². The van der Waals surface area contributed by atoms with Gasteiger partial charge in [-0.1, -0.05) is 0 Å². The molecule has 78 valence electrons. The van der Waals surface area contributed by atoms with E-state index in [0.29, 0.717) is 13.2 Å². The number of hydrogen-bond acceptors (Lipinski definition) is 4. The fourth-order valence-electron chi connectivity index (χ4n) is 1.51. The molecule has 0 spiro atoms. The molecule has 1 heterocycles. The summed E-state index contributed by atoms with van der Waals surface area (Å²) >= 11 is 0. The van der Waals surface area contributed by atoms with Crippen LogP contribution in [0.25, 0.3) is 0 Å². The average Bonchev–Trinajstić information content (AvgIpc) is 2.57. The van der Waals surface area contributed by atoms with E-state index in [9.17, 15) is 4.57 Å². The first-order chi connectivity index (χ1) is 6.23. The molecule has 0 radical (unpaired) electrons. The molecule has 1 aliphatic heterocycles. The molecule has 0 amide bonds. The van der Waals surface area contributed by atoms with Gasteiger partial charge >= 0.3 is 7.60 Å². The Morgan fingerprint density at radius 2 is 2.00 bits per heavy atom. The molecule has 4 nitrogen and oxygen atoms in total. The van der Waals surface area contributed by atoms with E-state index in [1.807, 2.05) is 13.8 Å². The molecule has 13 heavy (non-hydrogen) atoms. The van der Waals surface area contributed by atoms with Crippen LogP contribution in [0.2, 0.25) is 0 Å². The Morgan fingerprint density at radius 3 is 2.38 bits per heavy atom. The van der Waals surface area contributed by atoms with E-state index in [1.54, 1.807) is 0 Å². The van der Waals surface area contributed by atoms with E-state index in [0.717, 1.165) is 19.4 Å². The largest absolute Gasteiger partial charge is 0.347 e. The van der Waals surface area contributed by atoms with Gasteiger partial charge in [0.25, 0.3) is 0 Å². The van der Waals surface area contributed by atoms with Crippen LogP contribution in [0.15, 0.2) is 0 Å². The molecule has 1 aliphatic rings.